The quantitative estimate of drug-likeness (QED) is 0.834. The first-order chi connectivity index (χ1) is 11.5. The van der Waals surface area contributed by atoms with Gasteiger partial charge in [-0.15, -0.1) is 0 Å². The maximum absolute atomic E-state index is 14.0. The van der Waals surface area contributed by atoms with Crippen LogP contribution >= 0.6 is 11.6 Å². The highest BCUT2D eigenvalue weighted by Gasteiger charge is 2.32. The van der Waals surface area contributed by atoms with Crippen molar-refractivity contribution in [1.29, 1.82) is 0 Å². The van der Waals surface area contributed by atoms with Crippen LogP contribution in [0, 0.1) is 11.7 Å². The highest BCUT2D eigenvalue weighted by molar-refractivity contribution is 6.31. The molecular weight excluding hydrogens is 327 g/mol. The largest absolute Gasteiger partial charge is 0.352 e. The van der Waals surface area contributed by atoms with Gasteiger partial charge in [0.2, 0.25) is 5.91 Å². The minimum atomic E-state index is -0.297. The number of hydrogen-bond donors (Lipinski definition) is 1. The lowest BCUT2D eigenvalue weighted by Crippen LogP contribution is -2.46. The van der Waals surface area contributed by atoms with Gasteiger partial charge in [0, 0.05) is 29.2 Å². The molecule has 0 unspecified atom stereocenters. The Hall–Kier alpha value is -1.13. The third-order valence-corrected chi connectivity index (χ3v) is 5.64. The van der Waals surface area contributed by atoms with Gasteiger partial charge in [0.05, 0.1) is 6.54 Å². The van der Waals surface area contributed by atoms with Gasteiger partial charge in [0.15, 0.2) is 0 Å². The summed E-state index contributed by atoms with van der Waals surface area (Å²) in [4.78, 5) is 14.5. The minimum absolute atomic E-state index is 0.0492. The third-order valence-electron chi connectivity index (χ3n) is 5.29. The zero-order chi connectivity index (χ0) is 17.1. The fourth-order valence-corrected chi connectivity index (χ4v) is 3.83. The molecule has 132 valence electrons. The number of carbonyl (C=O) groups excluding carboxylic acids is 1. The Morgan fingerprint density at radius 1 is 1.29 bits per heavy atom. The van der Waals surface area contributed by atoms with Gasteiger partial charge in [-0.3, -0.25) is 9.69 Å². The average Bonchev–Trinajstić information content (AvgIpc) is 3.37. The van der Waals surface area contributed by atoms with E-state index in [1.165, 1.54) is 25.3 Å². The second kappa shape index (κ2) is 7.83. The highest BCUT2D eigenvalue weighted by Crippen LogP contribution is 2.30. The second-order valence-corrected chi connectivity index (χ2v) is 7.68. The van der Waals surface area contributed by atoms with Gasteiger partial charge in [0.25, 0.3) is 0 Å². The number of nitrogens with one attached hydrogen (secondary N) is 1. The smallest absolute Gasteiger partial charge is 0.234 e. The number of benzene rings is 1. The maximum Gasteiger partial charge on any atom is 0.234 e. The van der Waals surface area contributed by atoms with E-state index in [4.69, 9.17) is 11.6 Å². The van der Waals surface area contributed by atoms with Gasteiger partial charge in [-0.25, -0.2) is 4.39 Å². The molecule has 2 atom stereocenters. The number of hydrogen-bond acceptors (Lipinski definition) is 2. The summed E-state index contributed by atoms with van der Waals surface area (Å²) in [5, 5.41) is 3.62. The lowest BCUT2D eigenvalue weighted by atomic mass is 9.86. The Balaban J connectivity index is 1.61. The lowest BCUT2D eigenvalue weighted by molar-refractivity contribution is -0.123. The summed E-state index contributed by atoms with van der Waals surface area (Å²) in [6.07, 6.45) is 6.83. The summed E-state index contributed by atoms with van der Waals surface area (Å²) in [6.45, 7) is 2.92. The van der Waals surface area contributed by atoms with E-state index < -0.39 is 0 Å². The van der Waals surface area contributed by atoms with Gasteiger partial charge in [-0.1, -0.05) is 37.4 Å². The van der Waals surface area contributed by atoms with Crippen LogP contribution in [0.4, 0.5) is 4.39 Å². The maximum atomic E-state index is 14.0. The molecule has 0 aromatic heterocycles. The summed E-state index contributed by atoms with van der Waals surface area (Å²) in [6, 6.07) is 5.39. The SMILES string of the molecule is C[C@H]1CCCC[C@H]1NC(=O)CN(Cc1c(F)cccc1Cl)C1CC1. The van der Waals surface area contributed by atoms with Crippen LogP contribution < -0.4 is 5.32 Å². The van der Waals surface area contributed by atoms with Crippen LogP contribution in [0.15, 0.2) is 18.2 Å². The topological polar surface area (TPSA) is 32.3 Å². The van der Waals surface area contributed by atoms with Crippen molar-refractivity contribution in [2.75, 3.05) is 6.54 Å². The molecular formula is C19H26ClFN2O. The molecule has 0 spiro atoms. The van der Waals surface area contributed by atoms with Crippen molar-refractivity contribution >= 4 is 17.5 Å². The number of rotatable bonds is 6. The van der Waals surface area contributed by atoms with E-state index >= 15 is 0 Å². The Labute approximate surface area is 148 Å². The van der Waals surface area contributed by atoms with E-state index in [1.54, 1.807) is 12.1 Å². The Bertz CT molecular complexity index is 570. The Morgan fingerprint density at radius 2 is 2.04 bits per heavy atom. The predicted molar refractivity (Wildman–Crippen MR) is 94.4 cm³/mol. The van der Waals surface area contributed by atoms with Gasteiger partial charge < -0.3 is 5.32 Å². The van der Waals surface area contributed by atoms with Crippen LogP contribution in [0.3, 0.4) is 0 Å². The molecule has 3 rings (SSSR count). The molecule has 3 nitrogen and oxygen atoms in total. The summed E-state index contributed by atoms with van der Waals surface area (Å²) >= 11 is 6.14. The number of amides is 1. The zero-order valence-corrected chi connectivity index (χ0v) is 15.0. The van der Waals surface area contributed by atoms with E-state index in [0.717, 1.165) is 19.3 Å². The number of halogens is 2. The normalized spacial score (nSPS) is 24.2. The number of carbonyl (C=O) groups is 1. The Morgan fingerprint density at radius 3 is 2.71 bits per heavy atom. The highest BCUT2D eigenvalue weighted by atomic mass is 35.5. The molecule has 2 fully saturated rings. The van der Waals surface area contributed by atoms with E-state index in [2.05, 4.69) is 17.1 Å². The van der Waals surface area contributed by atoms with E-state index in [9.17, 15) is 9.18 Å². The van der Waals surface area contributed by atoms with Crippen LogP contribution in [0.1, 0.15) is 51.0 Å². The predicted octanol–water partition coefficient (Wildman–Crippen LogP) is 4.14. The van der Waals surface area contributed by atoms with Crippen molar-refractivity contribution in [3.63, 3.8) is 0 Å². The first-order valence-electron chi connectivity index (χ1n) is 9.01. The molecule has 0 aliphatic heterocycles. The molecule has 2 saturated carbocycles. The van der Waals surface area contributed by atoms with Crippen molar-refractivity contribution in [2.24, 2.45) is 5.92 Å². The third kappa shape index (κ3) is 4.48. The van der Waals surface area contributed by atoms with Crippen molar-refractivity contribution < 1.29 is 9.18 Å². The zero-order valence-electron chi connectivity index (χ0n) is 14.2. The fraction of sp³-hybridized carbons (Fsp3) is 0.632. The van der Waals surface area contributed by atoms with Crippen molar-refractivity contribution in [1.82, 2.24) is 10.2 Å². The molecule has 0 heterocycles. The van der Waals surface area contributed by atoms with Crippen molar-refractivity contribution in [2.45, 2.75) is 64.1 Å². The molecule has 1 aromatic rings. The van der Waals surface area contributed by atoms with E-state index in [0.29, 0.717) is 35.6 Å². The van der Waals surface area contributed by atoms with Crippen LogP contribution in [0.25, 0.3) is 0 Å². The van der Waals surface area contributed by atoms with Crippen LogP contribution in [0.5, 0.6) is 0 Å². The Kier molecular flexibility index (Phi) is 5.77. The summed E-state index contributed by atoms with van der Waals surface area (Å²) < 4.78 is 14.0. The molecule has 2 aliphatic carbocycles. The summed E-state index contributed by atoms with van der Waals surface area (Å²) in [5.41, 5.74) is 0.491. The molecule has 24 heavy (non-hydrogen) atoms. The summed E-state index contributed by atoms with van der Waals surface area (Å²) in [5.74, 6) is 0.292. The standard InChI is InChI=1S/C19H26ClFN2O/c1-13-5-2-3-8-18(13)22-19(24)12-23(14-9-10-14)11-15-16(20)6-4-7-17(15)21/h4,6-7,13-14,18H,2-3,5,8-12H2,1H3,(H,22,24)/t13-,18+/m0/s1. The van der Waals surface area contributed by atoms with Crippen LogP contribution in [-0.2, 0) is 11.3 Å². The van der Waals surface area contributed by atoms with E-state index in [1.807, 2.05) is 0 Å². The van der Waals surface area contributed by atoms with Crippen LogP contribution in [-0.4, -0.2) is 29.4 Å². The minimum Gasteiger partial charge on any atom is -0.352 e. The molecule has 1 N–H and O–H groups in total. The van der Waals surface area contributed by atoms with Gasteiger partial charge in [-0.2, -0.15) is 0 Å². The fourth-order valence-electron chi connectivity index (χ4n) is 3.61. The first kappa shape index (κ1) is 17.7. The molecule has 1 aromatic carbocycles. The second-order valence-electron chi connectivity index (χ2n) is 7.27. The van der Waals surface area contributed by atoms with Crippen LogP contribution in [0.2, 0.25) is 5.02 Å². The van der Waals surface area contributed by atoms with Gasteiger partial charge >= 0.3 is 0 Å². The molecule has 0 bridgehead atoms. The molecule has 2 aliphatic rings. The summed E-state index contributed by atoms with van der Waals surface area (Å²) in [7, 11) is 0. The van der Waals surface area contributed by atoms with Crippen molar-refractivity contribution in [3.05, 3.63) is 34.6 Å². The average molecular weight is 353 g/mol. The van der Waals surface area contributed by atoms with Gasteiger partial charge in [-0.05, 0) is 43.7 Å². The lowest BCUT2D eigenvalue weighted by Gasteiger charge is -2.30. The van der Waals surface area contributed by atoms with Gasteiger partial charge in [0.1, 0.15) is 5.82 Å². The molecule has 5 heteroatoms. The first-order valence-corrected chi connectivity index (χ1v) is 9.38. The monoisotopic (exact) mass is 352 g/mol. The van der Waals surface area contributed by atoms with Crippen molar-refractivity contribution in [3.8, 4) is 0 Å². The van der Waals surface area contributed by atoms with E-state index in [-0.39, 0.29) is 17.8 Å². The molecule has 1 amide bonds. The molecule has 0 radical (unpaired) electrons. The molecule has 0 saturated heterocycles. The number of nitrogens with zero attached hydrogens (tertiary/aromatic N) is 1.